The summed E-state index contributed by atoms with van der Waals surface area (Å²) in [7, 11) is 0. The van der Waals surface area contributed by atoms with Crippen molar-refractivity contribution in [2.75, 3.05) is 31.1 Å². The number of anilines is 1. The standard InChI is InChI=1S/C24H19N5O6S/c30-23-22(15-16-9-10-21(35-16)17-5-1-2-6-18(17)28(31)32)36-24(25-23)27-13-11-26(12-14-27)19-7-3-4-8-20(19)29(33)34/h1-10,15H,11-14H2/b22-15+. The number of benzene rings is 2. The second-order valence-corrected chi connectivity index (χ2v) is 9.02. The minimum atomic E-state index is -0.470. The zero-order valence-corrected chi connectivity index (χ0v) is 19.6. The molecular formula is C24H19N5O6S. The minimum Gasteiger partial charge on any atom is -0.456 e. The lowest BCUT2D eigenvalue weighted by Gasteiger charge is -2.36. The van der Waals surface area contributed by atoms with Gasteiger partial charge in [0, 0.05) is 44.4 Å². The van der Waals surface area contributed by atoms with Gasteiger partial charge in [-0.15, -0.1) is 0 Å². The van der Waals surface area contributed by atoms with Crippen LogP contribution in [0.3, 0.4) is 0 Å². The Morgan fingerprint density at radius 3 is 2.22 bits per heavy atom. The van der Waals surface area contributed by atoms with Crippen molar-refractivity contribution >= 4 is 46.0 Å². The Kier molecular flexibility index (Phi) is 6.25. The average Bonchev–Trinajstić information content (AvgIpc) is 3.51. The molecule has 1 saturated heterocycles. The monoisotopic (exact) mass is 505 g/mol. The zero-order chi connectivity index (χ0) is 25.2. The SMILES string of the molecule is O=C1N=C(N2CCN(c3ccccc3[N+](=O)[O-])CC2)S/C1=C/c1ccc(-c2ccccc2[N+](=O)[O-])o1. The van der Waals surface area contributed by atoms with E-state index >= 15 is 0 Å². The molecule has 182 valence electrons. The van der Waals surface area contributed by atoms with Gasteiger partial charge in [-0.05, 0) is 36.0 Å². The Hall–Kier alpha value is -4.45. The second-order valence-electron chi connectivity index (χ2n) is 8.01. The van der Waals surface area contributed by atoms with E-state index in [-0.39, 0.29) is 22.2 Å². The number of aliphatic imine (C=N–C) groups is 1. The van der Waals surface area contributed by atoms with Gasteiger partial charge in [-0.1, -0.05) is 24.3 Å². The predicted molar refractivity (Wildman–Crippen MR) is 136 cm³/mol. The fourth-order valence-electron chi connectivity index (χ4n) is 4.10. The first-order valence-corrected chi connectivity index (χ1v) is 11.8. The van der Waals surface area contributed by atoms with E-state index in [9.17, 15) is 25.0 Å². The van der Waals surface area contributed by atoms with Crippen LogP contribution in [0.1, 0.15) is 5.76 Å². The number of nitro benzene ring substituents is 2. The van der Waals surface area contributed by atoms with Crippen LogP contribution in [0.2, 0.25) is 0 Å². The molecule has 1 aromatic heterocycles. The van der Waals surface area contributed by atoms with E-state index in [1.54, 1.807) is 54.6 Å². The Morgan fingerprint density at radius 2 is 1.50 bits per heavy atom. The summed E-state index contributed by atoms with van der Waals surface area (Å²) >= 11 is 1.23. The van der Waals surface area contributed by atoms with E-state index in [4.69, 9.17) is 4.42 Å². The molecule has 0 N–H and O–H groups in total. The van der Waals surface area contributed by atoms with Crippen LogP contribution in [0.25, 0.3) is 17.4 Å². The Morgan fingerprint density at radius 1 is 0.861 bits per heavy atom. The summed E-state index contributed by atoms with van der Waals surface area (Å²) < 4.78 is 5.77. The number of rotatable bonds is 5. The van der Waals surface area contributed by atoms with Gasteiger partial charge < -0.3 is 14.2 Å². The molecule has 12 heteroatoms. The van der Waals surface area contributed by atoms with E-state index in [1.807, 2.05) is 9.80 Å². The first kappa shape index (κ1) is 23.3. The van der Waals surface area contributed by atoms with Gasteiger partial charge in [0.05, 0.1) is 20.3 Å². The van der Waals surface area contributed by atoms with E-state index in [2.05, 4.69) is 4.99 Å². The molecule has 0 aliphatic carbocycles. The maximum Gasteiger partial charge on any atom is 0.292 e. The first-order valence-electron chi connectivity index (χ1n) is 11.0. The maximum atomic E-state index is 12.5. The molecule has 0 atom stereocenters. The lowest BCUT2D eigenvalue weighted by atomic mass is 10.1. The van der Waals surface area contributed by atoms with Crippen LogP contribution in [-0.2, 0) is 4.79 Å². The number of furan rings is 1. The molecular weight excluding hydrogens is 486 g/mol. The lowest BCUT2D eigenvalue weighted by molar-refractivity contribution is -0.384. The predicted octanol–water partition coefficient (Wildman–Crippen LogP) is 4.56. The Bertz CT molecular complexity index is 1420. The van der Waals surface area contributed by atoms with Crippen molar-refractivity contribution in [1.29, 1.82) is 0 Å². The zero-order valence-electron chi connectivity index (χ0n) is 18.8. The average molecular weight is 506 g/mol. The number of para-hydroxylation sites is 3. The molecule has 0 saturated carbocycles. The highest BCUT2D eigenvalue weighted by Crippen LogP contribution is 2.35. The molecule has 2 aliphatic rings. The first-order chi connectivity index (χ1) is 17.4. The molecule has 0 bridgehead atoms. The number of hydrogen-bond acceptors (Lipinski definition) is 9. The summed E-state index contributed by atoms with van der Waals surface area (Å²) in [4.78, 5) is 42.8. The van der Waals surface area contributed by atoms with Crippen molar-refractivity contribution in [3.63, 3.8) is 0 Å². The number of thioether (sulfide) groups is 1. The maximum absolute atomic E-state index is 12.5. The van der Waals surface area contributed by atoms with Crippen LogP contribution in [0.15, 0.2) is 75.0 Å². The lowest BCUT2D eigenvalue weighted by Crippen LogP contribution is -2.48. The van der Waals surface area contributed by atoms with E-state index in [0.717, 1.165) is 0 Å². The van der Waals surface area contributed by atoms with Crippen molar-refractivity contribution in [1.82, 2.24) is 4.90 Å². The number of amidine groups is 1. The molecule has 0 unspecified atom stereocenters. The number of nitro groups is 2. The van der Waals surface area contributed by atoms with Crippen LogP contribution < -0.4 is 4.90 Å². The third kappa shape index (κ3) is 4.58. The summed E-state index contributed by atoms with van der Waals surface area (Å²) in [6.07, 6.45) is 1.57. The summed E-state index contributed by atoms with van der Waals surface area (Å²) in [6, 6.07) is 16.2. The number of piperazine rings is 1. The Balaban J connectivity index is 1.26. The number of amides is 1. The number of carbonyl (C=O) groups excluding carboxylic acids is 1. The third-order valence-electron chi connectivity index (χ3n) is 5.84. The molecule has 0 radical (unpaired) electrons. The Labute approximate surface area is 209 Å². The van der Waals surface area contributed by atoms with Crippen molar-refractivity contribution in [3.8, 4) is 11.3 Å². The second kappa shape index (κ2) is 9.66. The van der Waals surface area contributed by atoms with Crippen molar-refractivity contribution in [2.45, 2.75) is 0 Å². The minimum absolute atomic E-state index is 0.0667. The number of carbonyl (C=O) groups is 1. The van der Waals surface area contributed by atoms with Crippen LogP contribution in [0.4, 0.5) is 17.1 Å². The van der Waals surface area contributed by atoms with E-state index < -0.39 is 4.92 Å². The molecule has 2 aliphatic heterocycles. The molecule has 2 aromatic carbocycles. The summed E-state index contributed by atoms with van der Waals surface area (Å²) in [5.74, 6) is 0.327. The van der Waals surface area contributed by atoms with E-state index in [0.29, 0.717) is 59.0 Å². The van der Waals surface area contributed by atoms with Crippen LogP contribution in [0, 0.1) is 20.2 Å². The van der Waals surface area contributed by atoms with Crippen molar-refractivity contribution < 1.29 is 19.1 Å². The molecule has 11 nitrogen and oxygen atoms in total. The van der Waals surface area contributed by atoms with Gasteiger partial charge in [0.1, 0.15) is 17.2 Å². The highest BCUT2D eigenvalue weighted by Gasteiger charge is 2.30. The molecule has 1 amide bonds. The highest BCUT2D eigenvalue weighted by atomic mass is 32.2. The fourth-order valence-corrected chi connectivity index (χ4v) is 5.05. The smallest absolute Gasteiger partial charge is 0.292 e. The van der Waals surface area contributed by atoms with Crippen molar-refractivity contribution in [3.05, 3.63) is 91.6 Å². The number of hydrogen-bond donors (Lipinski definition) is 0. The molecule has 1 fully saturated rings. The van der Waals surface area contributed by atoms with E-state index in [1.165, 1.54) is 23.9 Å². The van der Waals surface area contributed by atoms with Crippen LogP contribution >= 0.6 is 11.8 Å². The topological polar surface area (TPSA) is 135 Å². The normalized spacial score (nSPS) is 16.9. The number of nitrogens with zero attached hydrogens (tertiary/aromatic N) is 5. The molecule has 0 spiro atoms. The molecule has 3 aromatic rings. The molecule has 3 heterocycles. The quantitative estimate of drug-likeness (QED) is 0.278. The molecule has 36 heavy (non-hydrogen) atoms. The fraction of sp³-hybridized carbons (Fsp3) is 0.167. The van der Waals surface area contributed by atoms with Gasteiger partial charge in [-0.3, -0.25) is 25.0 Å². The van der Waals surface area contributed by atoms with Gasteiger partial charge in [0.2, 0.25) is 0 Å². The van der Waals surface area contributed by atoms with Gasteiger partial charge in [0.15, 0.2) is 5.17 Å². The van der Waals surface area contributed by atoms with Crippen LogP contribution in [0.5, 0.6) is 0 Å². The molecule has 5 rings (SSSR count). The summed E-state index contributed by atoms with van der Waals surface area (Å²) in [5, 5.41) is 23.2. The summed E-state index contributed by atoms with van der Waals surface area (Å²) in [6.45, 7) is 2.21. The van der Waals surface area contributed by atoms with Gasteiger partial charge in [-0.2, -0.15) is 4.99 Å². The summed E-state index contributed by atoms with van der Waals surface area (Å²) in [5.41, 5.74) is 0.929. The van der Waals surface area contributed by atoms with Crippen LogP contribution in [-0.4, -0.2) is 52.0 Å². The largest absolute Gasteiger partial charge is 0.456 e. The highest BCUT2D eigenvalue weighted by molar-refractivity contribution is 8.18. The van der Waals surface area contributed by atoms with Gasteiger partial charge >= 0.3 is 0 Å². The van der Waals surface area contributed by atoms with Gasteiger partial charge in [-0.25, -0.2) is 0 Å². The third-order valence-corrected chi connectivity index (χ3v) is 6.89. The van der Waals surface area contributed by atoms with Crippen molar-refractivity contribution in [2.24, 2.45) is 4.99 Å². The van der Waals surface area contributed by atoms with Gasteiger partial charge in [0.25, 0.3) is 17.3 Å².